The van der Waals surface area contributed by atoms with Crippen LogP contribution in [0.4, 0.5) is 11.4 Å². The van der Waals surface area contributed by atoms with Gasteiger partial charge in [0, 0.05) is 12.2 Å². The molecular formula is C12H17N3O3S. The van der Waals surface area contributed by atoms with Crippen molar-refractivity contribution in [2.45, 2.75) is 26.2 Å². The third-order valence-electron chi connectivity index (χ3n) is 3.10. The number of hydrogen-bond acceptors (Lipinski definition) is 3. The Balaban J connectivity index is 2.34. The molecule has 19 heavy (non-hydrogen) atoms. The van der Waals surface area contributed by atoms with E-state index in [1.807, 2.05) is 0 Å². The maximum Gasteiger partial charge on any atom is 0.299 e. The Morgan fingerprint density at radius 2 is 2.00 bits per heavy atom. The average molecular weight is 283 g/mol. The summed E-state index contributed by atoms with van der Waals surface area (Å²) in [7, 11) is -3.56. The van der Waals surface area contributed by atoms with Crippen LogP contribution >= 0.6 is 0 Å². The van der Waals surface area contributed by atoms with Crippen LogP contribution in [-0.4, -0.2) is 20.9 Å². The van der Waals surface area contributed by atoms with Crippen LogP contribution in [0.15, 0.2) is 18.2 Å². The van der Waals surface area contributed by atoms with E-state index in [9.17, 15) is 13.2 Å². The fourth-order valence-corrected chi connectivity index (χ4v) is 2.91. The van der Waals surface area contributed by atoms with E-state index >= 15 is 0 Å². The Kier molecular flexibility index (Phi) is 3.27. The van der Waals surface area contributed by atoms with Crippen LogP contribution in [0.1, 0.15) is 26.3 Å². The first-order valence-electron chi connectivity index (χ1n) is 5.99. The van der Waals surface area contributed by atoms with Crippen molar-refractivity contribution in [2.24, 2.45) is 0 Å². The van der Waals surface area contributed by atoms with Gasteiger partial charge < -0.3 is 5.32 Å². The van der Waals surface area contributed by atoms with Gasteiger partial charge in [0.25, 0.3) is 10.2 Å². The molecule has 1 aliphatic rings. The lowest BCUT2D eigenvalue weighted by Gasteiger charge is -2.16. The third-order valence-corrected chi connectivity index (χ3v) is 4.27. The van der Waals surface area contributed by atoms with Gasteiger partial charge in [-0.2, -0.15) is 13.1 Å². The minimum absolute atomic E-state index is 0.0887. The summed E-state index contributed by atoms with van der Waals surface area (Å²) in [6.07, 6.45) is 0. The highest BCUT2D eigenvalue weighted by molar-refractivity contribution is 7.90. The van der Waals surface area contributed by atoms with Crippen molar-refractivity contribution in [1.82, 2.24) is 4.72 Å². The summed E-state index contributed by atoms with van der Waals surface area (Å²) in [5.41, 5.74) is 1.29. The Bertz CT molecular complexity index is 623. The third kappa shape index (κ3) is 2.57. The van der Waals surface area contributed by atoms with Gasteiger partial charge >= 0.3 is 0 Å². The molecule has 7 heteroatoms. The summed E-state index contributed by atoms with van der Waals surface area (Å²) in [5, 5.41) is 2.77. The van der Waals surface area contributed by atoms with Crippen LogP contribution in [-0.2, 0) is 20.4 Å². The van der Waals surface area contributed by atoms with E-state index in [0.29, 0.717) is 12.2 Å². The van der Waals surface area contributed by atoms with E-state index in [1.54, 1.807) is 39.0 Å². The fraction of sp³-hybridized carbons (Fsp3) is 0.417. The minimum Gasteiger partial charge on any atom is -0.325 e. The normalized spacial score (nSPS) is 16.9. The van der Waals surface area contributed by atoms with Crippen LogP contribution in [0.2, 0.25) is 0 Å². The Labute approximate surface area is 112 Å². The van der Waals surface area contributed by atoms with E-state index in [1.165, 1.54) is 0 Å². The SMILES string of the molecule is CCNS(=O)(=O)Nc1ccc2c(c1)C(C)(C)C(=O)N2. The highest BCUT2D eigenvalue weighted by atomic mass is 32.2. The number of rotatable bonds is 4. The monoisotopic (exact) mass is 283 g/mol. The molecule has 0 radical (unpaired) electrons. The Morgan fingerprint density at radius 3 is 2.63 bits per heavy atom. The van der Waals surface area contributed by atoms with Crippen molar-refractivity contribution in [1.29, 1.82) is 0 Å². The molecule has 1 heterocycles. The van der Waals surface area contributed by atoms with E-state index in [0.717, 1.165) is 11.3 Å². The summed E-state index contributed by atoms with van der Waals surface area (Å²) in [6.45, 7) is 5.62. The lowest BCUT2D eigenvalue weighted by atomic mass is 9.86. The van der Waals surface area contributed by atoms with Gasteiger partial charge in [0.05, 0.1) is 11.1 Å². The van der Waals surface area contributed by atoms with Crippen molar-refractivity contribution in [3.63, 3.8) is 0 Å². The smallest absolute Gasteiger partial charge is 0.299 e. The van der Waals surface area contributed by atoms with E-state index in [-0.39, 0.29) is 5.91 Å². The van der Waals surface area contributed by atoms with Crippen molar-refractivity contribution < 1.29 is 13.2 Å². The number of amides is 1. The molecule has 0 aliphatic carbocycles. The zero-order valence-electron chi connectivity index (χ0n) is 11.1. The lowest BCUT2D eigenvalue weighted by molar-refractivity contribution is -0.119. The molecule has 0 saturated heterocycles. The van der Waals surface area contributed by atoms with Gasteiger partial charge in [-0.3, -0.25) is 9.52 Å². The molecule has 0 aromatic heterocycles. The first kappa shape index (κ1) is 13.8. The topological polar surface area (TPSA) is 87.3 Å². The minimum atomic E-state index is -3.56. The zero-order valence-corrected chi connectivity index (χ0v) is 11.9. The van der Waals surface area contributed by atoms with E-state index in [4.69, 9.17) is 0 Å². The molecule has 6 nitrogen and oxygen atoms in total. The van der Waals surface area contributed by atoms with Crippen molar-refractivity contribution >= 4 is 27.5 Å². The maximum absolute atomic E-state index is 11.8. The molecule has 0 unspecified atom stereocenters. The second-order valence-corrected chi connectivity index (χ2v) is 6.44. The molecule has 1 aromatic carbocycles. The van der Waals surface area contributed by atoms with E-state index in [2.05, 4.69) is 14.8 Å². The van der Waals surface area contributed by atoms with Gasteiger partial charge in [0.2, 0.25) is 5.91 Å². The Hall–Kier alpha value is -1.60. The molecule has 0 atom stereocenters. The summed E-state index contributed by atoms with van der Waals surface area (Å²) in [5.74, 6) is -0.0887. The first-order valence-corrected chi connectivity index (χ1v) is 7.48. The molecule has 104 valence electrons. The molecule has 0 fully saturated rings. The van der Waals surface area contributed by atoms with Crippen LogP contribution in [0.25, 0.3) is 0 Å². The van der Waals surface area contributed by atoms with Gasteiger partial charge in [-0.05, 0) is 37.6 Å². The number of benzene rings is 1. The largest absolute Gasteiger partial charge is 0.325 e. The standard InChI is InChI=1S/C12H17N3O3S/c1-4-13-19(17,18)15-8-5-6-10-9(7-8)12(2,3)11(16)14-10/h5-7,13,15H,4H2,1-3H3,(H,14,16). The molecule has 0 saturated carbocycles. The predicted molar refractivity (Wildman–Crippen MR) is 74.3 cm³/mol. The van der Waals surface area contributed by atoms with Crippen LogP contribution in [0.3, 0.4) is 0 Å². The van der Waals surface area contributed by atoms with Gasteiger partial charge in [0.15, 0.2) is 0 Å². The zero-order chi connectivity index (χ0) is 14.3. The number of nitrogens with one attached hydrogen (secondary N) is 3. The first-order chi connectivity index (χ1) is 8.76. The fourth-order valence-electron chi connectivity index (χ4n) is 2.02. The summed E-state index contributed by atoms with van der Waals surface area (Å²) in [6, 6.07) is 5.00. The van der Waals surface area contributed by atoms with Gasteiger partial charge in [-0.1, -0.05) is 6.92 Å². The average Bonchev–Trinajstić information content (AvgIpc) is 2.50. The van der Waals surface area contributed by atoms with Crippen molar-refractivity contribution in [2.75, 3.05) is 16.6 Å². The second kappa shape index (κ2) is 4.50. The second-order valence-electron chi connectivity index (χ2n) is 4.94. The molecule has 3 N–H and O–H groups in total. The molecule has 1 amide bonds. The Morgan fingerprint density at radius 1 is 1.32 bits per heavy atom. The summed E-state index contributed by atoms with van der Waals surface area (Å²) in [4.78, 5) is 11.8. The van der Waals surface area contributed by atoms with Gasteiger partial charge in [-0.15, -0.1) is 0 Å². The summed E-state index contributed by atoms with van der Waals surface area (Å²) < 4.78 is 28.0. The van der Waals surface area contributed by atoms with Crippen LogP contribution in [0, 0.1) is 0 Å². The number of carbonyl (C=O) groups is 1. The number of carbonyl (C=O) groups excluding carboxylic acids is 1. The van der Waals surface area contributed by atoms with E-state index < -0.39 is 15.6 Å². The van der Waals surface area contributed by atoms with Gasteiger partial charge in [0.1, 0.15) is 0 Å². The van der Waals surface area contributed by atoms with Crippen LogP contribution < -0.4 is 14.8 Å². The molecule has 1 aromatic rings. The number of hydrogen-bond donors (Lipinski definition) is 3. The molecule has 0 bridgehead atoms. The molecule has 2 rings (SSSR count). The highest BCUT2D eigenvalue weighted by Gasteiger charge is 2.38. The van der Waals surface area contributed by atoms with Gasteiger partial charge in [-0.25, -0.2) is 0 Å². The molecule has 1 aliphatic heterocycles. The van der Waals surface area contributed by atoms with Crippen molar-refractivity contribution in [3.8, 4) is 0 Å². The lowest BCUT2D eigenvalue weighted by Crippen LogP contribution is -2.30. The van der Waals surface area contributed by atoms with Crippen LogP contribution in [0.5, 0.6) is 0 Å². The highest BCUT2D eigenvalue weighted by Crippen LogP contribution is 2.38. The predicted octanol–water partition coefficient (Wildman–Crippen LogP) is 1.18. The quantitative estimate of drug-likeness (QED) is 0.775. The number of fused-ring (bicyclic) bond motifs is 1. The summed E-state index contributed by atoms with van der Waals surface area (Å²) >= 11 is 0. The van der Waals surface area contributed by atoms with Crippen molar-refractivity contribution in [3.05, 3.63) is 23.8 Å². The molecule has 0 spiro atoms. The maximum atomic E-state index is 11.8. The number of anilines is 2. The molecular weight excluding hydrogens is 266 g/mol.